The second kappa shape index (κ2) is 5.48. The molecule has 5 N–H and O–H groups in total. The van der Waals surface area contributed by atoms with Crippen LogP contribution in [0.4, 0.5) is 0 Å². The van der Waals surface area contributed by atoms with Gasteiger partial charge in [-0.05, 0) is 79.1 Å². The van der Waals surface area contributed by atoms with Crippen molar-refractivity contribution in [1.29, 1.82) is 0 Å². The van der Waals surface area contributed by atoms with E-state index in [9.17, 15) is 25.5 Å². The molecule has 0 saturated heterocycles. The van der Waals surface area contributed by atoms with Crippen molar-refractivity contribution in [2.24, 2.45) is 0 Å². The highest BCUT2D eigenvalue weighted by Gasteiger charge is 2.21. The van der Waals surface area contributed by atoms with Crippen LogP contribution in [0.15, 0.2) is 18.2 Å². The Morgan fingerprint density at radius 3 is 1.80 bits per heavy atom. The van der Waals surface area contributed by atoms with Crippen molar-refractivity contribution in [1.82, 2.24) is 0 Å². The summed E-state index contributed by atoms with van der Waals surface area (Å²) in [4.78, 5) is 0. The summed E-state index contributed by atoms with van der Waals surface area (Å²) in [7, 11) is 0. The predicted molar refractivity (Wildman–Crippen MR) is 96.7 cm³/mol. The lowest BCUT2D eigenvalue weighted by atomic mass is 9.87. The maximum Gasteiger partial charge on any atom is 0.161 e. The van der Waals surface area contributed by atoms with Gasteiger partial charge in [0.05, 0.1) is 0 Å². The molecule has 0 unspecified atom stereocenters. The van der Waals surface area contributed by atoms with Crippen LogP contribution in [0.25, 0.3) is 21.9 Å². The van der Waals surface area contributed by atoms with Crippen LogP contribution in [-0.2, 0) is 0 Å². The Morgan fingerprint density at radius 2 is 1.20 bits per heavy atom. The Bertz CT molecular complexity index is 1000. The highest BCUT2D eigenvalue weighted by atomic mass is 16.3. The number of phenolic OH excluding ortho intramolecular Hbond substituents is 5. The first kappa shape index (κ1) is 16.8. The van der Waals surface area contributed by atoms with Crippen molar-refractivity contribution >= 4 is 10.8 Å². The zero-order valence-corrected chi connectivity index (χ0v) is 14.5. The predicted octanol–water partition coefficient (Wildman–Crippen LogP) is 4.27. The second-order valence-corrected chi connectivity index (χ2v) is 6.43. The van der Waals surface area contributed by atoms with Gasteiger partial charge in [0.2, 0.25) is 0 Å². The Balaban J connectivity index is 2.56. The molecule has 0 aliphatic heterocycles. The molecule has 0 aliphatic carbocycles. The summed E-state index contributed by atoms with van der Waals surface area (Å²) in [6.45, 7) is 6.90. The van der Waals surface area contributed by atoms with E-state index in [1.54, 1.807) is 26.8 Å². The maximum absolute atomic E-state index is 10.6. The fourth-order valence-electron chi connectivity index (χ4n) is 3.32. The lowest BCUT2D eigenvalue weighted by Crippen LogP contribution is -1.95. The third-order valence-corrected chi connectivity index (χ3v) is 4.89. The summed E-state index contributed by atoms with van der Waals surface area (Å²) in [5, 5.41) is 51.5. The van der Waals surface area contributed by atoms with Gasteiger partial charge in [0.25, 0.3) is 0 Å². The molecular formula is C20H20O5. The molecule has 25 heavy (non-hydrogen) atoms. The fourth-order valence-corrected chi connectivity index (χ4v) is 3.32. The topological polar surface area (TPSA) is 101 Å². The highest BCUT2D eigenvalue weighted by Crippen LogP contribution is 2.47. The number of hydrogen-bond donors (Lipinski definition) is 5. The average Bonchev–Trinajstić information content (AvgIpc) is 2.55. The first-order valence-electron chi connectivity index (χ1n) is 7.85. The third-order valence-electron chi connectivity index (χ3n) is 4.89. The van der Waals surface area contributed by atoms with Crippen LogP contribution in [0, 0.1) is 27.7 Å². The molecule has 5 nitrogen and oxygen atoms in total. The van der Waals surface area contributed by atoms with Gasteiger partial charge in [0, 0.05) is 10.9 Å². The van der Waals surface area contributed by atoms with Gasteiger partial charge in [0.1, 0.15) is 5.75 Å². The molecule has 0 radical (unpaired) electrons. The van der Waals surface area contributed by atoms with E-state index in [4.69, 9.17) is 0 Å². The molecule has 0 saturated carbocycles. The fraction of sp³-hybridized carbons (Fsp3) is 0.200. The van der Waals surface area contributed by atoms with Gasteiger partial charge >= 0.3 is 0 Å². The molecule has 0 aromatic heterocycles. The largest absolute Gasteiger partial charge is 0.507 e. The average molecular weight is 340 g/mol. The van der Waals surface area contributed by atoms with Crippen LogP contribution in [0.1, 0.15) is 22.3 Å². The summed E-state index contributed by atoms with van der Waals surface area (Å²) >= 11 is 0. The first-order chi connectivity index (χ1) is 11.6. The molecule has 0 fully saturated rings. The molecule has 5 heteroatoms. The third kappa shape index (κ3) is 2.31. The molecule has 3 rings (SSSR count). The minimum atomic E-state index is -0.284. The molecule has 0 atom stereocenters. The van der Waals surface area contributed by atoms with Gasteiger partial charge in [0.15, 0.2) is 23.0 Å². The van der Waals surface area contributed by atoms with Gasteiger partial charge in [-0.2, -0.15) is 0 Å². The zero-order chi connectivity index (χ0) is 18.6. The summed E-state index contributed by atoms with van der Waals surface area (Å²) in [6.07, 6.45) is 0. The van der Waals surface area contributed by atoms with E-state index in [-0.39, 0.29) is 28.7 Å². The van der Waals surface area contributed by atoms with Crippen LogP contribution in [0.5, 0.6) is 28.7 Å². The molecule has 0 aliphatic rings. The quantitative estimate of drug-likeness (QED) is 0.426. The minimum absolute atomic E-state index is 0.0452. The van der Waals surface area contributed by atoms with Gasteiger partial charge in [-0.25, -0.2) is 0 Å². The first-order valence-corrected chi connectivity index (χ1v) is 7.85. The van der Waals surface area contributed by atoms with Crippen LogP contribution < -0.4 is 0 Å². The minimum Gasteiger partial charge on any atom is -0.507 e. The van der Waals surface area contributed by atoms with Crippen LogP contribution in [-0.4, -0.2) is 25.5 Å². The van der Waals surface area contributed by atoms with Crippen molar-refractivity contribution < 1.29 is 25.5 Å². The van der Waals surface area contributed by atoms with Gasteiger partial charge in [-0.1, -0.05) is 0 Å². The molecule has 0 amide bonds. The standard InChI is InChI=1S/C20H20O5/c1-8-5-12(6-14(21)18(8)23)16-9(2)10(3)20(25)17-11(4)19(24)15(22)7-13(16)17/h5-7,21-25H,1-4H3. The monoisotopic (exact) mass is 340 g/mol. The van der Waals surface area contributed by atoms with E-state index in [0.717, 1.165) is 5.56 Å². The van der Waals surface area contributed by atoms with Crippen molar-refractivity contribution in [2.45, 2.75) is 27.7 Å². The van der Waals surface area contributed by atoms with E-state index in [1.807, 2.05) is 6.92 Å². The molecule has 0 bridgehead atoms. The van der Waals surface area contributed by atoms with E-state index >= 15 is 0 Å². The van der Waals surface area contributed by atoms with Crippen LogP contribution in [0.3, 0.4) is 0 Å². The number of phenols is 5. The number of rotatable bonds is 1. The Kier molecular flexibility index (Phi) is 3.68. The van der Waals surface area contributed by atoms with Crippen molar-refractivity contribution in [2.75, 3.05) is 0 Å². The van der Waals surface area contributed by atoms with Gasteiger partial charge in [-0.3, -0.25) is 0 Å². The molecule has 0 heterocycles. The van der Waals surface area contributed by atoms with Crippen molar-refractivity contribution in [3.63, 3.8) is 0 Å². The summed E-state index contributed by atoms with van der Waals surface area (Å²) < 4.78 is 0. The number of benzene rings is 3. The van der Waals surface area contributed by atoms with Gasteiger partial charge in [-0.15, -0.1) is 0 Å². The van der Waals surface area contributed by atoms with E-state index in [2.05, 4.69) is 0 Å². The number of aromatic hydroxyl groups is 5. The zero-order valence-electron chi connectivity index (χ0n) is 14.5. The van der Waals surface area contributed by atoms with Crippen molar-refractivity contribution in [3.05, 3.63) is 40.5 Å². The van der Waals surface area contributed by atoms with Crippen LogP contribution >= 0.6 is 0 Å². The summed E-state index contributed by atoms with van der Waals surface area (Å²) in [6, 6.07) is 4.57. The van der Waals surface area contributed by atoms with E-state index in [0.29, 0.717) is 38.6 Å². The second-order valence-electron chi connectivity index (χ2n) is 6.43. The number of hydrogen-bond acceptors (Lipinski definition) is 5. The Labute approximate surface area is 145 Å². The number of aryl methyl sites for hydroxylation is 2. The van der Waals surface area contributed by atoms with Gasteiger partial charge < -0.3 is 25.5 Å². The number of fused-ring (bicyclic) bond motifs is 1. The van der Waals surface area contributed by atoms with E-state index in [1.165, 1.54) is 12.1 Å². The lowest BCUT2D eigenvalue weighted by molar-refractivity contribution is 0.401. The lowest BCUT2D eigenvalue weighted by Gasteiger charge is -2.19. The maximum atomic E-state index is 10.6. The summed E-state index contributed by atoms with van der Waals surface area (Å²) in [5.41, 5.74) is 3.65. The Hall–Kier alpha value is -3.08. The Morgan fingerprint density at radius 1 is 0.600 bits per heavy atom. The molecule has 130 valence electrons. The normalized spacial score (nSPS) is 11.2. The smallest absolute Gasteiger partial charge is 0.161 e. The van der Waals surface area contributed by atoms with E-state index < -0.39 is 0 Å². The van der Waals surface area contributed by atoms with Crippen LogP contribution in [0.2, 0.25) is 0 Å². The molecule has 0 spiro atoms. The molecule has 3 aromatic rings. The van der Waals surface area contributed by atoms with Crippen molar-refractivity contribution in [3.8, 4) is 39.9 Å². The molecular weight excluding hydrogens is 320 g/mol. The summed E-state index contributed by atoms with van der Waals surface area (Å²) in [5.74, 6) is -0.940. The SMILES string of the molecule is Cc1cc(-c2c(C)c(C)c(O)c3c(C)c(O)c(O)cc23)cc(O)c1O. The molecule has 3 aromatic carbocycles. The highest BCUT2D eigenvalue weighted by molar-refractivity contribution is 6.06.